The summed E-state index contributed by atoms with van der Waals surface area (Å²) in [6.07, 6.45) is 2.66. The van der Waals surface area contributed by atoms with Crippen molar-refractivity contribution in [3.8, 4) is 0 Å². The van der Waals surface area contributed by atoms with Crippen molar-refractivity contribution >= 4 is 35.2 Å². The number of ether oxygens (including phenoxy) is 1. The molecule has 1 aliphatic heterocycles. The Kier molecular flexibility index (Phi) is 5.94. The van der Waals surface area contributed by atoms with Crippen molar-refractivity contribution in [2.45, 2.75) is 31.9 Å². The van der Waals surface area contributed by atoms with Crippen LogP contribution in [0.1, 0.15) is 35.2 Å². The maximum absolute atomic E-state index is 13.1. The number of piperidine rings is 1. The second-order valence-electron chi connectivity index (χ2n) is 8.19. The summed E-state index contributed by atoms with van der Waals surface area (Å²) in [5.74, 6) is -0.143. The maximum Gasteiger partial charge on any atom is 0.410 e. The van der Waals surface area contributed by atoms with Crippen LogP contribution in [0.3, 0.4) is 0 Å². The molecule has 4 rings (SSSR count). The SMILES string of the molecule is CN(C(=O)c1cc(Cl)cc(Cl)c1)C1CN(C(=O)OCc2ccccc2)CCC12CC2. The molecule has 2 aromatic carbocycles. The van der Waals surface area contributed by atoms with Crippen LogP contribution in [0.4, 0.5) is 4.79 Å². The van der Waals surface area contributed by atoms with Gasteiger partial charge in [0.15, 0.2) is 0 Å². The molecule has 0 aromatic heterocycles. The van der Waals surface area contributed by atoms with Gasteiger partial charge in [-0.25, -0.2) is 4.79 Å². The molecule has 2 aliphatic rings. The van der Waals surface area contributed by atoms with Crippen LogP contribution in [0, 0.1) is 5.41 Å². The molecule has 0 radical (unpaired) electrons. The minimum absolute atomic E-state index is 0.0687. The molecular formula is C23H24Cl2N2O3. The number of hydrogen-bond donors (Lipinski definition) is 0. The van der Waals surface area contributed by atoms with E-state index in [9.17, 15) is 9.59 Å². The predicted molar refractivity (Wildman–Crippen MR) is 117 cm³/mol. The van der Waals surface area contributed by atoms with E-state index in [2.05, 4.69) is 0 Å². The van der Waals surface area contributed by atoms with Gasteiger partial charge in [0.2, 0.25) is 0 Å². The average molecular weight is 447 g/mol. The number of carbonyl (C=O) groups excluding carboxylic acids is 2. The minimum atomic E-state index is -0.342. The van der Waals surface area contributed by atoms with Gasteiger partial charge in [-0.2, -0.15) is 0 Å². The van der Waals surface area contributed by atoms with Crippen LogP contribution in [0.15, 0.2) is 48.5 Å². The van der Waals surface area contributed by atoms with Crippen molar-refractivity contribution in [2.24, 2.45) is 5.41 Å². The number of carbonyl (C=O) groups is 2. The zero-order valence-corrected chi connectivity index (χ0v) is 18.3. The quantitative estimate of drug-likeness (QED) is 0.643. The molecule has 1 atom stereocenters. The lowest BCUT2D eigenvalue weighted by molar-refractivity contribution is 0.0307. The Morgan fingerprint density at radius 2 is 1.77 bits per heavy atom. The third kappa shape index (κ3) is 4.42. The van der Waals surface area contributed by atoms with Crippen molar-refractivity contribution in [1.82, 2.24) is 9.80 Å². The fraction of sp³-hybridized carbons (Fsp3) is 0.391. The van der Waals surface area contributed by atoms with Gasteiger partial charge in [-0.05, 0) is 48.4 Å². The van der Waals surface area contributed by atoms with E-state index < -0.39 is 0 Å². The topological polar surface area (TPSA) is 49.9 Å². The normalized spacial score (nSPS) is 19.4. The molecule has 158 valence electrons. The molecule has 2 amide bonds. The lowest BCUT2D eigenvalue weighted by atomic mass is 9.87. The monoisotopic (exact) mass is 446 g/mol. The highest BCUT2D eigenvalue weighted by Gasteiger charge is 2.54. The van der Waals surface area contributed by atoms with E-state index in [1.165, 1.54) is 0 Å². The first-order valence-corrected chi connectivity index (χ1v) is 10.8. The smallest absolute Gasteiger partial charge is 0.410 e. The maximum atomic E-state index is 13.1. The first kappa shape index (κ1) is 21.0. The molecule has 1 saturated carbocycles. The van der Waals surface area contributed by atoms with E-state index in [1.54, 1.807) is 35.0 Å². The Labute approximate surface area is 186 Å². The van der Waals surface area contributed by atoms with Crippen LogP contribution in [0.25, 0.3) is 0 Å². The van der Waals surface area contributed by atoms with Crippen molar-refractivity contribution in [3.05, 3.63) is 69.7 Å². The van der Waals surface area contributed by atoms with Gasteiger partial charge < -0.3 is 14.5 Å². The number of likely N-dealkylation sites (tertiary alicyclic amines) is 1. The molecule has 1 saturated heterocycles. The highest BCUT2D eigenvalue weighted by molar-refractivity contribution is 6.35. The summed E-state index contributed by atoms with van der Waals surface area (Å²) >= 11 is 12.2. The Bertz CT molecular complexity index is 926. The fourth-order valence-electron chi connectivity index (χ4n) is 4.29. The van der Waals surface area contributed by atoms with Crippen LogP contribution in [-0.4, -0.2) is 48.0 Å². The van der Waals surface area contributed by atoms with Gasteiger partial charge in [-0.3, -0.25) is 4.79 Å². The highest BCUT2D eigenvalue weighted by atomic mass is 35.5. The largest absolute Gasteiger partial charge is 0.445 e. The lowest BCUT2D eigenvalue weighted by Gasteiger charge is -2.43. The third-order valence-corrected chi connectivity index (χ3v) is 6.67. The molecule has 1 spiro atoms. The van der Waals surface area contributed by atoms with Crippen molar-refractivity contribution in [1.29, 1.82) is 0 Å². The van der Waals surface area contributed by atoms with Crippen LogP contribution < -0.4 is 0 Å². The van der Waals surface area contributed by atoms with Gasteiger partial charge in [0, 0.05) is 35.7 Å². The van der Waals surface area contributed by atoms with Crippen LogP contribution >= 0.6 is 23.2 Å². The van der Waals surface area contributed by atoms with Crippen LogP contribution in [0.2, 0.25) is 10.0 Å². The molecule has 0 bridgehead atoms. The summed E-state index contributed by atoms with van der Waals surface area (Å²) in [6.45, 7) is 1.35. The number of hydrogen-bond acceptors (Lipinski definition) is 3. The Morgan fingerprint density at radius 1 is 1.10 bits per heavy atom. The van der Waals surface area contributed by atoms with E-state index in [0.29, 0.717) is 28.7 Å². The Morgan fingerprint density at radius 3 is 2.40 bits per heavy atom. The van der Waals surface area contributed by atoms with Gasteiger partial charge in [0.25, 0.3) is 5.91 Å². The van der Waals surface area contributed by atoms with Gasteiger partial charge in [0.1, 0.15) is 6.61 Å². The molecular weight excluding hydrogens is 423 g/mol. The average Bonchev–Trinajstić information content (AvgIpc) is 3.51. The molecule has 1 unspecified atom stereocenters. The van der Waals surface area contributed by atoms with Crippen molar-refractivity contribution in [2.75, 3.05) is 20.1 Å². The van der Waals surface area contributed by atoms with E-state index in [4.69, 9.17) is 27.9 Å². The van der Waals surface area contributed by atoms with Crippen molar-refractivity contribution in [3.63, 3.8) is 0 Å². The Balaban J connectivity index is 1.45. The zero-order valence-electron chi connectivity index (χ0n) is 16.8. The second kappa shape index (κ2) is 8.48. The molecule has 0 N–H and O–H groups in total. The molecule has 7 heteroatoms. The number of halogens is 2. The highest BCUT2D eigenvalue weighted by Crippen LogP contribution is 2.55. The number of amides is 2. The molecule has 30 heavy (non-hydrogen) atoms. The lowest BCUT2D eigenvalue weighted by Crippen LogP contribution is -2.55. The Hall–Kier alpha value is -2.24. The predicted octanol–water partition coefficient (Wildman–Crippen LogP) is 5.26. The first-order valence-electron chi connectivity index (χ1n) is 10.1. The minimum Gasteiger partial charge on any atom is -0.445 e. The number of likely N-dealkylation sites (N-methyl/N-ethyl adjacent to an activating group) is 1. The number of nitrogens with zero attached hydrogens (tertiary/aromatic N) is 2. The van der Waals surface area contributed by atoms with E-state index >= 15 is 0 Å². The standard InChI is InChI=1S/C23H24Cl2N2O3/c1-26(21(28)17-11-18(24)13-19(25)12-17)20-14-27(10-9-23(20)7-8-23)22(29)30-15-16-5-3-2-4-6-16/h2-6,11-13,20H,7-10,14-15H2,1H3. The molecule has 5 nitrogen and oxygen atoms in total. The summed E-state index contributed by atoms with van der Waals surface area (Å²) in [7, 11) is 1.79. The fourth-order valence-corrected chi connectivity index (χ4v) is 4.82. The number of rotatable bonds is 4. The molecule has 2 aromatic rings. The summed E-state index contributed by atoms with van der Waals surface area (Å²) in [5.41, 5.74) is 1.49. The zero-order chi connectivity index (χ0) is 21.3. The van der Waals surface area contributed by atoms with E-state index in [1.807, 2.05) is 30.3 Å². The van der Waals surface area contributed by atoms with E-state index in [-0.39, 0.29) is 30.1 Å². The molecule has 1 aliphatic carbocycles. The molecule has 2 fully saturated rings. The summed E-state index contributed by atoms with van der Waals surface area (Å²) in [4.78, 5) is 29.2. The third-order valence-electron chi connectivity index (χ3n) is 6.23. The van der Waals surface area contributed by atoms with Crippen LogP contribution in [0.5, 0.6) is 0 Å². The summed E-state index contributed by atoms with van der Waals surface area (Å²) in [6, 6.07) is 14.4. The van der Waals surface area contributed by atoms with Gasteiger partial charge in [0.05, 0.1) is 6.04 Å². The van der Waals surface area contributed by atoms with Gasteiger partial charge >= 0.3 is 6.09 Å². The molecule has 1 heterocycles. The second-order valence-corrected chi connectivity index (χ2v) is 9.06. The van der Waals surface area contributed by atoms with E-state index in [0.717, 1.165) is 24.8 Å². The van der Waals surface area contributed by atoms with Gasteiger partial charge in [-0.1, -0.05) is 53.5 Å². The van der Waals surface area contributed by atoms with Gasteiger partial charge in [-0.15, -0.1) is 0 Å². The number of benzene rings is 2. The van der Waals surface area contributed by atoms with Crippen molar-refractivity contribution < 1.29 is 14.3 Å². The van der Waals surface area contributed by atoms with Crippen LogP contribution in [-0.2, 0) is 11.3 Å². The summed E-state index contributed by atoms with van der Waals surface area (Å²) in [5, 5.41) is 0.852. The summed E-state index contributed by atoms with van der Waals surface area (Å²) < 4.78 is 5.51. The first-order chi connectivity index (χ1) is 14.4.